The summed E-state index contributed by atoms with van der Waals surface area (Å²) in [6.45, 7) is 13.2. The van der Waals surface area contributed by atoms with E-state index in [9.17, 15) is 28.4 Å². The summed E-state index contributed by atoms with van der Waals surface area (Å²) >= 11 is 0. The van der Waals surface area contributed by atoms with Gasteiger partial charge in [0, 0.05) is 94.4 Å². The zero-order valence-electron chi connectivity index (χ0n) is 40.2. The van der Waals surface area contributed by atoms with Gasteiger partial charge in [0.25, 0.3) is 21.6 Å². The summed E-state index contributed by atoms with van der Waals surface area (Å²) in [5.74, 6) is 0.201. The van der Waals surface area contributed by atoms with Crippen molar-refractivity contribution in [1.82, 2.24) is 24.5 Å². The highest BCUT2D eigenvalue weighted by molar-refractivity contribution is 7.90. The maximum Gasteiger partial charge on any atom is 0.293 e. The molecule has 368 valence electrons. The molecule has 0 bridgehead atoms. The van der Waals surface area contributed by atoms with Crippen molar-refractivity contribution < 1.29 is 32.7 Å². The van der Waals surface area contributed by atoms with E-state index in [1.54, 1.807) is 37.7 Å². The fourth-order valence-corrected chi connectivity index (χ4v) is 12.2. The second-order valence-electron chi connectivity index (χ2n) is 20.4. The van der Waals surface area contributed by atoms with Crippen molar-refractivity contribution in [2.45, 2.75) is 101 Å². The highest BCUT2D eigenvalue weighted by Gasteiger charge is 2.50. The number of amides is 1. The second kappa shape index (κ2) is 20.0. The number of anilines is 2. The van der Waals surface area contributed by atoms with Crippen LogP contribution in [0.4, 0.5) is 17.1 Å². The molecule has 2 saturated carbocycles. The summed E-state index contributed by atoms with van der Waals surface area (Å²) in [6.07, 6.45) is 10.5. The molecular weight excluding hydrogens is 897 g/mol. The van der Waals surface area contributed by atoms with Gasteiger partial charge in [-0.25, -0.2) is 18.1 Å². The molecule has 16 nitrogen and oxygen atoms in total. The monoisotopic (exact) mass is 962 g/mol. The van der Waals surface area contributed by atoms with Gasteiger partial charge in [0.1, 0.15) is 22.8 Å². The van der Waals surface area contributed by atoms with Crippen LogP contribution in [-0.4, -0.2) is 115 Å². The number of benzene rings is 3. The van der Waals surface area contributed by atoms with Crippen LogP contribution in [0.3, 0.4) is 0 Å². The smallest absolute Gasteiger partial charge is 0.293 e. The van der Waals surface area contributed by atoms with Gasteiger partial charge in [-0.15, -0.1) is 0 Å². The molecule has 69 heavy (non-hydrogen) atoms. The topological polar surface area (TPSA) is 195 Å². The lowest BCUT2D eigenvalue weighted by Gasteiger charge is -2.58. The molecule has 1 atom stereocenters. The normalized spacial score (nSPS) is 22.4. The molecule has 2 aliphatic carbocycles. The van der Waals surface area contributed by atoms with E-state index in [0.29, 0.717) is 48.8 Å². The molecule has 4 heterocycles. The van der Waals surface area contributed by atoms with Crippen LogP contribution in [0.15, 0.2) is 90.1 Å². The van der Waals surface area contributed by atoms with E-state index in [1.165, 1.54) is 23.3 Å². The van der Waals surface area contributed by atoms with Gasteiger partial charge >= 0.3 is 0 Å². The summed E-state index contributed by atoms with van der Waals surface area (Å²) in [4.78, 5) is 40.3. The van der Waals surface area contributed by atoms with Crippen molar-refractivity contribution in [2.75, 3.05) is 69.7 Å². The highest BCUT2D eigenvalue weighted by Crippen LogP contribution is 2.53. The van der Waals surface area contributed by atoms with Crippen molar-refractivity contribution >= 4 is 44.0 Å². The van der Waals surface area contributed by atoms with Crippen molar-refractivity contribution in [3.63, 3.8) is 0 Å². The largest absolute Gasteiger partial charge is 0.455 e. The number of nitro groups is 1. The third-order valence-electron chi connectivity index (χ3n) is 15.4. The molecule has 1 amide bonds. The van der Waals surface area contributed by atoms with Crippen LogP contribution in [-0.2, 0) is 14.8 Å². The highest BCUT2D eigenvalue weighted by atomic mass is 32.2. The van der Waals surface area contributed by atoms with Crippen molar-refractivity contribution in [3.8, 4) is 11.5 Å². The van der Waals surface area contributed by atoms with Gasteiger partial charge in [-0.1, -0.05) is 38.1 Å². The van der Waals surface area contributed by atoms with Gasteiger partial charge in [-0.05, 0) is 123 Å². The Morgan fingerprint density at radius 1 is 1.00 bits per heavy atom. The molecule has 17 heteroatoms. The Hall–Kier alpha value is -5.59. The zero-order chi connectivity index (χ0) is 48.5. The number of ether oxygens (including phenoxy) is 2. The number of H-pyrrole nitrogens is 1. The summed E-state index contributed by atoms with van der Waals surface area (Å²) < 4.78 is 41.6. The Labute approximate surface area is 405 Å². The minimum atomic E-state index is -4.58. The van der Waals surface area contributed by atoms with E-state index in [1.807, 2.05) is 19.1 Å². The third kappa shape index (κ3) is 10.8. The number of carbonyl (C=O) groups is 1. The minimum absolute atomic E-state index is 0.0260. The lowest BCUT2D eigenvalue weighted by molar-refractivity contribution is -0.384. The first-order chi connectivity index (χ1) is 33.1. The number of piperazine rings is 1. The van der Waals surface area contributed by atoms with Crippen molar-refractivity contribution in [1.29, 1.82) is 0 Å². The van der Waals surface area contributed by atoms with E-state index in [0.717, 1.165) is 102 Å². The van der Waals surface area contributed by atoms with Crippen LogP contribution in [0, 0.1) is 21.4 Å². The van der Waals surface area contributed by atoms with E-state index in [4.69, 9.17) is 9.47 Å². The summed E-state index contributed by atoms with van der Waals surface area (Å²) in [5, 5.41) is 26.4. The third-order valence-corrected chi connectivity index (χ3v) is 16.7. The number of nitro benzene ring substituents is 1. The number of hydrogen-bond acceptors (Lipinski definition) is 13. The SMILES string of the molecule is COCCN1CCN(C2CC3(CCN(c4ccc(C(=O)NS(=O)(=O)c5ccc(NCC6CCC(C)(O)CC6)c([N+](=O)[O-])c5)c(Oc5cnc6[nH]ccc6c5)c4)CC3)C2)[C@@H](c2ccccc2C(C)C)C1. The summed E-state index contributed by atoms with van der Waals surface area (Å²) in [5.41, 5.74) is 3.64. The van der Waals surface area contributed by atoms with Gasteiger partial charge in [-0.2, -0.15) is 0 Å². The Morgan fingerprint density at radius 2 is 1.77 bits per heavy atom. The predicted molar refractivity (Wildman–Crippen MR) is 267 cm³/mol. The Bertz CT molecular complexity index is 2750. The van der Waals surface area contributed by atoms with E-state index < -0.39 is 37.0 Å². The fraction of sp³-hybridized carbons (Fsp3) is 0.500. The number of piperidine rings is 1. The summed E-state index contributed by atoms with van der Waals surface area (Å²) in [6, 6.07) is 22.2. The quantitative estimate of drug-likeness (QED) is 0.0543. The number of sulfonamides is 1. The first-order valence-corrected chi connectivity index (χ1v) is 26.0. The van der Waals surface area contributed by atoms with Crippen LogP contribution in [0.1, 0.15) is 106 Å². The number of aliphatic hydroxyl groups is 1. The average Bonchev–Trinajstić information content (AvgIpc) is 3.80. The molecule has 2 saturated heterocycles. The fourth-order valence-electron chi connectivity index (χ4n) is 11.2. The molecular formula is C52H66N8O8S. The first kappa shape index (κ1) is 48.4. The maximum atomic E-state index is 14.1. The lowest BCUT2D eigenvalue weighted by atomic mass is 9.59. The van der Waals surface area contributed by atoms with Crippen LogP contribution < -0.4 is 19.7 Å². The number of aromatic amines is 1. The first-order valence-electron chi connectivity index (χ1n) is 24.5. The number of carbonyl (C=O) groups excluding carboxylic acids is 1. The molecule has 2 aromatic heterocycles. The molecule has 3 aromatic carbocycles. The van der Waals surface area contributed by atoms with E-state index >= 15 is 0 Å². The molecule has 4 N–H and O–H groups in total. The predicted octanol–water partition coefficient (Wildman–Crippen LogP) is 8.61. The number of pyridine rings is 1. The van der Waals surface area contributed by atoms with Gasteiger partial charge in [-0.3, -0.25) is 24.7 Å². The van der Waals surface area contributed by atoms with Crippen LogP contribution in [0.25, 0.3) is 11.0 Å². The van der Waals surface area contributed by atoms with Crippen molar-refractivity contribution in [3.05, 3.63) is 112 Å². The van der Waals surface area contributed by atoms with Crippen molar-refractivity contribution in [2.24, 2.45) is 11.3 Å². The van der Waals surface area contributed by atoms with E-state index in [-0.39, 0.29) is 28.3 Å². The number of aromatic nitrogens is 2. The maximum absolute atomic E-state index is 14.1. The summed E-state index contributed by atoms with van der Waals surface area (Å²) in [7, 11) is -2.81. The van der Waals surface area contributed by atoms with Crippen LogP contribution >= 0.6 is 0 Å². The minimum Gasteiger partial charge on any atom is -0.455 e. The van der Waals surface area contributed by atoms with Gasteiger partial charge in [0.15, 0.2) is 0 Å². The number of hydrogen-bond donors (Lipinski definition) is 4. The van der Waals surface area contributed by atoms with Gasteiger partial charge in [0.05, 0.1) is 33.8 Å². The molecule has 0 radical (unpaired) electrons. The number of methoxy groups -OCH3 is 1. The second-order valence-corrected chi connectivity index (χ2v) is 22.1. The Balaban J connectivity index is 0.895. The van der Waals surface area contributed by atoms with Crippen LogP contribution in [0.5, 0.6) is 11.5 Å². The van der Waals surface area contributed by atoms with E-state index in [2.05, 4.69) is 72.8 Å². The molecule has 2 aliphatic heterocycles. The molecule has 0 unspecified atom stereocenters. The lowest BCUT2D eigenvalue weighted by Crippen LogP contribution is -2.60. The standard InChI is InChI=1S/C52H66N8O8S/c1-35(2)42-7-5-6-8-43(42)47-34-57(25-26-67-4)23-24-59(47)39-30-52(31-39)18-21-58(22-19-52)38-9-11-44(48(28-38)68-40-27-37-15-20-53-49(37)55-33-40)50(61)56-69(65,66)41-10-12-45(46(29-41)60(63)64)54-32-36-13-16-51(3,62)17-14-36/h5-12,15,20,27-29,33,35-36,39,47,54,62H,13-14,16-19,21-26,30-32,34H2,1-4H3,(H,53,55)(H,56,61)/t36?,47-,51?/m1/s1. The zero-order valence-corrected chi connectivity index (χ0v) is 41.0. The Kier molecular flexibility index (Phi) is 14.1. The molecule has 4 aliphatic rings. The Morgan fingerprint density at radius 3 is 2.51 bits per heavy atom. The molecule has 5 aromatic rings. The molecule has 1 spiro atoms. The number of fused-ring (bicyclic) bond motifs is 1. The van der Waals surface area contributed by atoms with Gasteiger partial charge in [0.2, 0.25) is 0 Å². The van der Waals surface area contributed by atoms with Crippen LogP contribution in [0.2, 0.25) is 0 Å². The number of nitrogens with zero attached hydrogens (tertiary/aromatic N) is 5. The number of rotatable bonds is 16. The average molecular weight is 963 g/mol. The van der Waals surface area contributed by atoms with Gasteiger partial charge < -0.3 is 29.8 Å². The molecule has 4 fully saturated rings. The number of nitrogens with one attached hydrogen (secondary N) is 3. The molecule has 9 rings (SSSR count).